The lowest BCUT2D eigenvalue weighted by molar-refractivity contribution is -0.137. The van der Waals surface area contributed by atoms with E-state index >= 15 is 0 Å². The van der Waals surface area contributed by atoms with Gasteiger partial charge in [0.05, 0.1) is 6.26 Å². The molecule has 7 heteroatoms. The Morgan fingerprint density at radius 3 is 2.67 bits per heavy atom. The van der Waals surface area contributed by atoms with Gasteiger partial charge in [-0.05, 0) is 11.4 Å². The summed E-state index contributed by atoms with van der Waals surface area (Å²) >= 11 is 1.40. The van der Waals surface area contributed by atoms with Crippen molar-refractivity contribution in [2.45, 2.75) is 6.54 Å². The highest BCUT2D eigenvalue weighted by Gasteiger charge is 2.20. The summed E-state index contributed by atoms with van der Waals surface area (Å²) in [5, 5.41) is 10.4. The lowest BCUT2D eigenvalue weighted by Gasteiger charge is -2.16. The van der Waals surface area contributed by atoms with Crippen LogP contribution in [0.3, 0.4) is 0 Å². The molecule has 0 atom stereocenters. The zero-order valence-corrected chi connectivity index (χ0v) is 9.71. The highest BCUT2D eigenvalue weighted by molar-refractivity contribution is 7.88. The fourth-order valence-corrected chi connectivity index (χ4v) is 2.54. The van der Waals surface area contributed by atoms with Crippen LogP contribution in [-0.2, 0) is 21.4 Å². The first kappa shape index (κ1) is 12.2. The molecule has 0 aliphatic heterocycles. The summed E-state index contributed by atoms with van der Waals surface area (Å²) in [4.78, 5) is 11.3. The summed E-state index contributed by atoms with van der Waals surface area (Å²) in [5.41, 5.74) is 0. The van der Waals surface area contributed by atoms with Crippen LogP contribution in [0.15, 0.2) is 17.5 Å². The Balaban J connectivity index is 2.79. The Hall–Kier alpha value is -0.920. The predicted octanol–water partition coefficient (Wildman–Crippen LogP) is 0.594. The molecule has 1 rings (SSSR count). The van der Waals surface area contributed by atoms with Gasteiger partial charge in [-0.2, -0.15) is 4.31 Å². The standard InChI is InChI=1S/C8H11NO4S2/c1-15(12,13)9(6-8(10)11)5-7-3-2-4-14-7/h2-4H,5-6H2,1H3,(H,10,11). The molecule has 15 heavy (non-hydrogen) atoms. The minimum Gasteiger partial charge on any atom is -0.480 e. The third-order valence-corrected chi connectivity index (χ3v) is 3.75. The van der Waals surface area contributed by atoms with Crippen LogP contribution < -0.4 is 0 Å². The third kappa shape index (κ3) is 3.98. The maximum atomic E-state index is 11.3. The van der Waals surface area contributed by atoms with Crippen molar-refractivity contribution in [3.63, 3.8) is 0 Å². The molecule has 0 aliphatic rings. The van der Waals surface area contributed by atoms with E-state index in [9.17, 15) is 13.2 Å². The molecule has 1 aromatic rings. The van der Waals surface area contributed by atoms with Crippen molar-refractivity contribution >= 4 is 27.3 Å². The van der Waals surface area contributed by atoms with Crippen LogP contribution in [-0.4, -0.2) is 36.6 Å². The molecule has 0 aliphatic carbocycles. The third-order valence-electron chi connectivity index (χ3n) is 1.69. The number of nitrogens with zero attached hydrogens (tertiary/aromatic N) is 1. The fourth-order valence-electron chi connectivity index (χ4n) is 1.02. The number of hydrogen-bond acceptors (Lipinski definition) is 4. The summed E-state index contributed by atoms with van der Waals surface area (Å²) in [7, 11) is -3.48. The Morgan fingerprint density at radius 2 is 2.27 bits per heavy atom. The second-order valence-electron chi connectivity index (χ2n) is 3.00. The largest absolute Gasteiger partial charge is 0.480 e. The molecule has 0 unspecified atom stereocenters. The number of carboxylic acids is 1. The first-order chi connectivity index (χ1) is 6.89. The number of rotatable bonds is 5. The molecular weight excluding hydrogens is 238 g/mol. The molecule has 1 heterocycles. The van der Waals surface area contributed by atoms with E-state index in [2.05, 4.69) is 0 Å². The average molecular weight is 249 g/mol. The summed E-state index contributed by atoms with van der Waals surface area (Å²) in [6, 6.07) is 3.56. The molecule has 0 aromatic carbocycles. The summed E-state index contributed by atoms with van der Waals surface area (Å²) in [6.07, 6.45) is 1.00. The van der Waals surface area contributed by atoms with Gasteiger partial charge in [0.25, 0.3) is 0 Å². The second-order valence-corrected chi connectivity index (χ2v) is 6.02. The van der Waals surface area contributed by atoms with E-state index in [0.29, 0.717) is 0 Å². The van der Waals surface area contributed by atoms with Crippen molar-refractivity contribution in [1.29, 1.82) is 0 Å². The van der Waals surface area contributed by atoms with Crippen LogP contribution in [0.1, 0.15) is 4.88 Å². The van der Waals surface area contributed by atoms with Crippen molar-refractivity contribution < 1.29 is 18.3 Å². The van der Waals surface area contributed by atoms with Crippen LogP contribution in [0.2, 0.25) is 0 Å². The van der Waals surface area contributed by atoms with E-state index in [1.807, 2.05) is 5.38 Å². The maximum absolute atomic E-state index is 11.3. The number of hydrogen-bond donors (Lipinski definition) is 1. The molecule has 5 nitrogen and oxygen atoms in total. The van der Waals surface area contributed by atoms with E-state index in [0.717, 1.165) is 15.4 Å². The van der Waals surface area contributed by atoms with Gasteiger partial charge in [0, 0.05) is 11.4 Å². The lowest BCUT2D eigenvalue weighted by Crippen LogP contribution is -2.34. The summed E-state index contributed by atoms with van der Waals surface area (Å²) in [6.45, 7) is -0.389. The first-order valence-corrected chi connectivity index (χ1v) is 6.81. The van der Waals surface area contributed by atoms with Crippen molar-refractivity contribution in [2.75, 3.05) is 12.8 Å². The highest BCUT2D eigenvalue weighted by atomic mass is 32.2. The molecule has 0 saturated carbocycles. The zero-order chi connectivity index (χ0) is 11.5. The van der Waals surface area contributed by atoms with E-state index in [-0.39, 0.29) is 6.54 Å². The van der Waals surface area contributed by atoms with Crippen molar-refractivity contribution in [2.24, 2.45) is 0 Å². The second kappa shape index (κ2) is 4.73. The van der Waals surface area contributed by atoms with Gasteiger partial charge in [-0.1, -0.05) is 6.07 Å². The van der Waals surface area contributed by atoms with Gasteiger partial charge < -0.3 is 5.11 Å². The number of carbonyl (C=O) groups is 1. The molecule has 0 bridgehead atoms. The zero-order valence-electron chi connectivity index (χ0n) is 8.08. The van der Waals surface area contributed by atoms with Crippen LogP contribution >= 0.6 is 11.3 Å². The topological polar surface area (TPSA) is 74.7 Å². The smallest absolute Gasteiger partial charge is 0.318 e. The number of aliphatic carboxylic acids is 1. The van der Waals surface area contributed by atoms with Gasteiger partial charge in [0.15, 0.2) is 0 Å². The molecule has 84 valence electrons. The van der Waals surface area contributed by atoms with Gasteiger partial charge in [-0.25, -0.2) is 8.42 Å². The van der Waals surface area contributed by atoms with E-state index in [4.69, 9.17) is 5.11 Å². The molecule has 0 spiro atoms. The molecule has 1 aromatic heterocycles. The number of carboxylic acid groups (broad SMARTS) is 1. The van der Waals surface area contributed by atoms with Crippen LogP contribution in [0, 0.1) is 0 Å². The molecule has 1 N–H and O–H groups in total. The van der Waals surface area contributed by atoms with E-state index in [1.165, 1.54) is 11.3 Å². The Labute approximate surface area is 92.0 Å². The van der Waals surface area contributed by atoms with Crippen LogP contribution in [0.4, 0.5) is 0 Å². The van der Waals surface area contributed by atoms with Gasteiger partial charge in [-0.3, -0.25) is 4.79 Å². The fraction of sp³-hybridized carbons (Fsp3) is 0.375. The summed E-state index contributed by atoms with van der Waals surface area (Å²) in [5.74, 6) is -1.16. The van der Waals surface area contributed by atoms with Crippen molar-refractivity contribution in [1.82, 2.24) is 4.31 Å². The van der Waals surface area contributed by atoms with Gasteiger partial charge >= 0.3 is 5.97 Å². The molecule has 0 radical (unpaired) electrons. The SMILES string of the molecule is CS(=O)(=O)N(CC(=O)O)Cc1cccs1. The lowest BCUT2D eigenvalue weighted by atomic mass is 10.4. The monoisotopic (exact) mass is 249 g/mol. The van der Waals surface area contributed by atoms with Gasteiger partial charge in [0.2, 0.25) is 10.0 Å². The Bertz CT molecular complexity index is 424. The normalized spacial score (nSPS) is 11.9. The number of thiophene rings is 1. The Kier molecular flexibility index (Phi) is 3.83. The first-order valence-electron chi connectivity index (χ1n) is 4.09. The predicted molar refractivity (Wildman–Crippen MR) is 57.2 cm³/mol. The minimum absolute atomic E-state index is 0.114. The quantitative estimate of drug-likeness (QED) is 0.829. The van der Waals surface area contributed by atoms with Crippen molar-refractivity contribution in [3.8, 4) is 0 Å². The molecule has 0 amide bonds. The molecule has 0 fully saturated rings. The van der Waals surface area contributed by atoms with E-state index in [1.54, 1.807) is 12.1 Å². The van der Waals surface area contributed by atoms with E-state index < -0.39 is 22.5 Å². The maximum Gasteiger partial charge on any atom is 0.318 e. The summed E-state index contributed by atoms with van der Waals surface area (Å²) < 4.78 is 23.5. The number of sulfonamides is 1. The molecule has 0 saturated heterocycles. The van der Waals surface area contributed by atoms with Crippen LogP contribution in [0.25, 0.3) is 0 Å². The van der Waals surface area contributed by atoms with Gasteiger partial charge in [0.1, 0.15) is 6.54 Å². The minimum atomic E-state index is -3.48. The average Bonchev–Trinajstić information content (AvgIpc) is 2.53. The van der Waals surface area contributed by atoms with Gasteiger partial charge in [-0.15, -0.1) is 11.3 Å². The van der Waals surface area contributed by atoms with Crippen LogP contribution in [0.5, 0.6) is 0 Å². The van der Waals surface area contributed by atoms with Crippen molar-refractivity contribution in [3.05, 3.63) is 22.4 Å². The highest BCUT2D eigenvalue weighted by Crippen LogP contribution is 2.13. The Morgan fingerprint density at radius 1 is 1.60 bits per heavy atom. The molecular formula is C8H11NO4S2.